The third-order valence-corrected chi connectivity index (χ3v) is 6.46. The summed E-state index contributed by atoms with van der Waals surface area (Å²) in [6, 6.07) is 30.5. The summed E-state index contributed by atoms with van der Waals surface area (Å²) in [5.74, 6) is 0.590. The summed E-state index contributed by atoms with van der Waals surface area (Å²) in [4.78, 5) is 1.15. The predicted molar refractivity (Wildman–Crippen MR) is 126 cm³/mol. The molecular weight excluding hydrogens is 404 g/mol. The van der Waals surface area contributed by atoms with E-state index in [1.54, 1.807) is 11.8 Å². The largest absolute Gasteiger partial charge is 0.388 e. The van der Waals surface area contributed by atoms with E-state index in [0.717, 1.165) is 28.0 Å². The summed E-state index contributed by atoms with van der Waals surface area (Å²) in [5.41, 5.74) is 3.18. The second-order valence-corrected chi connectivity index (χ2v) is 8.73. The fourth-order valence-electron chi connectivity index (χ4n) is 3.72. The minimum absolute atomic E-state index is 0.102. The highest BCUT2D eigenvalue weighted by Crippen LogP contribution is 2.31. The maximum absolute atomic E-state index is 11.0. The highest BCUT2D eigenvalue weighted by atomic mass is 32.2. The highest BCUT2D eigenvalue weighted by Gasteiger charge is 2.35. The molecule has 0 amide bonds. The number of aliphatic hydroxyl groups is 1. The Labute approximate surface area is 188 Å². The Kier molecular flexibility index (Phi) is 7.97. The van der Waals surface area contributed by atoms with Crippen molar-refractivity contribution in [3.63, 3.8) is 0 Å². The number of thioether (sulfide) groups is 1. The van der Waals surface area contributed by atoms with Crippen LogP contribution in [-0.4, -0.2) is 29.2 Å². The van der Waals surface area contributed by atoms with Gasteiger partial charge in [-0.15, -0.1) is 11.8 Å². The summed E-state index contributed by atoms with van der Waals surface area (Å²) in [6.45, 7) is 1.03. The molecule has 0 heterocycles. The van der Waals surface area contributed by atoms with Crippen molar-refractivity contribution in [2.24, 2.45) is 0 Å². The quantitative estimate of drug-likeness (QED) is 0.332. The molecule has 31 heavy (non-hydrogen) atoms. The lowest BCUT2D eigenvalue weighted by molar-refractivity contribution is -0.0650. The van der Waals surface area contributed by atoms with Crippen LogP contribution in [0.15, 0.2) is 108 Å². The van der Waals surface area contributed by atoms with E-state index in [-0.39, 0.29) is 12.2 Å². The molecule has 0 radical (unpaired) electrons. The molecule has 4 rings (SSSR count). The molecule has 1 aliphatic carbocycles. The Bertz CT molecular complexity index is 944. The van der Waals surface area contributed by atoms with Crippen molar-refractivity contribution in [2.75, 3.05) is 5.75 Å². The van der Waals surface area contributed by atoms with Crippen LogP contribution in [0.25, 0.3) is 0 Å². The molecule has 1 N–H and O–H groups in total. The van der Waals surface area contributed by atoms with E-state index in [2.05, 4.69) is 42.5 Å². The highest BCUT2D eigenvalue weighted by molar-refractivity contribution is 7.99. The standard InChI is InChI=1S/C27H28O3S/c28-25(20-31-23-14-8-3-9-15-23)24-16-17-26(29-18-21-10-4-1-5-11-21)27(24)30-19-22-12-6-2-7-13-22/h1-16,25-28H,17-20H2. The second kappa shape index (κ2) is 11.3. The first-order valence-electron chi connectivity index (χ1n) is 10.7. The topological polar surface area (TPSA) is 38.7 Å². The molecule has 0 aromatic heterocycles. The summed E-state index contributed by atoms with van der Waals surface area (Å²) in [5, 5.41) is 11.0. The summed E-state index contributed by atoms with van der Waals surface area (Å²) >= 11 is 1.66. The summed E-state index contributed by atoms with van der Waals surface area (Å²) in [7, 11) is 0. The molecule has 3 unspecified atom stereocenters. The number of hydrogen-bond acceptors (Lipinski definition) is 4. The number of benzene rings is 3. The van der Waals surface area contributed by atoms with Gasteiger partial charge in [0, 0.05) is 10.6 Å². The van der Waals surface area contributed by atoms with Gasteiger partial charge in [0.2, 0.25) is 0 Å². The smallest absolute Gasteiger partial charge is 0.108 e. The average Bonchev–Trinajstić information content (AvgIpc) is 3.24. The van der Waals surface area contributed by atoms with Crippen molar-refractivity contribution < 1.29 is 14.6 Å². The monoisotopic (exact) mass is 432 g/mol. The van der Waals surface area contributed by atoms with Crippen LogP contribution >= 0.6 is 11.8 Å². The fourth-order valence-corrected chi connectivity index (χ4v) is 4.61. The van der Waals surface area contributed by atoms with Crippen LogP contribution in [0, 0.1) is 0 Å². The van der Waals surface area contributed by atoms with Gasteiger partial charge in [0.05, 0.1) is 25.4 Å². The van der Waals surface area contributed by atoms with Gasteiger partial charge in [-0.3, -0.25) is 0 Å². The van der Waals surface area contributed by atoms with Gasteiger partial charge < -0.3 is 14.6 Å². The molecule has 0 saturated heterocycles. The van der Waals surface area contributed by atoms with E-state index in [0.29, 0.717) is 19.0 Å². The Hall–Kier alpha value is -2.37. The lowest BCUT2D eigenvalue weighted by atomic mass is 10.1. The third kappa shape index (κ3) is 6.31. The zero-order valence-corrected chi connectivity index (χ0v) is 18.3. The van der Waals surface area contributed by atoms with Crippen molar-refractivity contribution in [1.82, 2.24) is 0 Å². The lowest BCUT2D eigenvalue weighted by Crippen LogP contribution is -2.33. The van der Waals surface area contributed by atoms with Crippen LogP contribution < -0.4 is 0 Å². The summed E-state index contributed by atoms with van der Waals surface area (Å²) in [6.07, 6.45) is 1.91. The minimum Gasteiger partial charge on any atom is -0.388 e. The zero-order chi connectivity index (χ0) is 21.3. The minimum atomic E-state index is -0.573. The normalized spacial score (nSPS) is 19.2. The molecule has 0 spiro atoms. The van der Waals surface area contributed by atoms with Crippen molar-refractivity contribution >= 4 is 11.8 Å². The van der Waals surface area contributed by atoms with E-state index in [4.69, 9.17) is 9.47 Å². The van der Waals surface area contributed by atoms with Gasteiger partial charge in [0.15, 0.2) is 0 Å². The number of ether oxygens (including phenoxy) is 2. The fraction of sp³-hybridized carbons (Fsp3) is 0.259. The first-order valence-corrected chi connectivity index (χ1v) is 11.6. The Morgan fingerprint density at radius 1 is 0.774 bits per heavy atom. The van der Waals surface area contributed by atoms with Gasteiger partial charge in [-0.1, -0.05) is 84.9 Å². The number of aliphatic hydroxyl groups excluding tert-OH is 1. The van der Waals surface area contributed by atoms with Crippen LogP contribution in [0.5, 0.6) is 0 Å². The molecule has 4 heteroatoms. The molecule has 1 aliphatic rings. The van der Waals surface area contributed by atoms with Gasteiger partial charge >= 0.3 is 0 Å². The molecular formula is C27H28O3S. The van der Waals surface area contributed by atoms with Gasteiger partial charge in [0.25, 0.3) is 0 Å². The van der Waals surface area contributed by atoms with Crippen molar-refractivity contribution in [3.05, 3.63) is 114 Å². The molecule has 0 saturated carbocycles. The second-order valence-electron chi connectivity index (χ2n) is 7.63. The molecule has 0 fully saturated rings. The van der Waals surface area contributed by atoms with Crippen LogP contribution in [0.1, 0.15) is 17.5 Å². The zero-order valence-electron chi connectivity index (χ0n) is 17.5. The van der Waals surface area contributed by atoms with E-state index >= 15 is 0 Å². The average molecular weight is 433 g/mol. The first kappa shape index (κ1) is 21.8. The maximum Gasteiger partial charge on any atom is 0.108 e. The molecule has 0 aliphatic heterocycles. The molecule has 3 atom stereocenters. The van der Waals surface area contributed by atoms with Crippen LogP contribution in [0.4, 0.5) is 0 Å². The van der Waals surface area contributed by atoms with E-state index in [1.165, 1.54) is 0 Å². The van der Waals surface area contributed by atoms with Gasteiger partial charge in [0.1, 0.15) is 6.10 Å². The Balaban J connectivity index is 1.40. The predicted octanol–water partition coefficient (Wildman–Crippen LogP) is 5.64. The van der Waals surface area contributed by atoms with Crippen molar-refractivity contribution in [2.45, 2.75) is 42.8 Å². The van der Waals surface area contributed by atoms with Crippen LogP contribution in [0.2, 0.25) is 0 Å². The van der Waals surface area contributed by atoms with E-state index in [1.807, 2.05) is 54.6 Å². The molecule has 160 valence electrons. The summed E-state index contributed by atoms with van der Waals surface area (Å²) < 4.78 is 12.6. The molecule has 3 aromatic carbocycles. The third-order valence-electron chi connectivity index (χ3n) is 5.37. The Morgan fingerprint density at radius 2 is 1.32 bits per heavy atom. The first-order chi connectivity index (χ1) is 15.3. The van der Waals surface area contributed by atoms with Crippen molar-refractivity contribution in [1.29, 1.82) is 0 Å². The van der Waals surface area contributed by atoms with Crippen LogP contribution in [-0.2, 0) is 22.7 Å². The molecule has 3 nitrogen and oxygen atoms in total. The molecule has 3 aromatic rings. The van der Waals surface area contributed by atoms with E-state index in [9.17, 15) is 5.11 Å². The maximum atomic E-state index is 11.0. The Morgan fingerprint density at radius 3 is 1.94 bits per heavy atom. The van der Waals surface area contributed by atoms with E-state index < -0.39 is 6.10 Å². The van der Waals surface area contributed by atoms with Crippen molar-refractivity contribution in [3.8, 4) is 0 Å². The SMILES string of the molecule is OC(CSc1ccccc1)C1=CCC(OCc2ccccc2)C1OCc1ccccc1. The number of hydrogen-bond donors (Lipinski definition) is 1. The van der Waals surface area contributed by atoms with Crippen LogP contribution in [0.3, 0.4) is 0 Å². The number of rotatable bonds is 10. The van der Waals surface area contributed by atoms with Gasteiger partial charge in [-0.05, 0) is 35.3 Å². The van der Waals surface area contributed by atoms with Gasteiger partial charge in [-0.25, -0.2) is 0 Å². The lowest BCUT2D eigenvalue weighted by Gasteiger charge is -2.26. The molecule has 0 bridgehead atoms. The van der Waals surface area contributed by atoms with Gasteiger partial charge in [-0.2, -0.15) is 0 Å².